The maximum absolute atomic E-state index is 12.5. The van der Waals surface area contributed by atoms with Gasteiger partial charge < -0.3 is 19.5 Å². The molecule has 10 heteroatoms. The summed E-state index contributed by atoms with van der Waals surface area (Å²) >= 11 is 6.27. The number of carbonyl (C=O) groups is 1. The van der Waals surface area contributed by atoms with Crippen LogP contribution in [0.4, 0.5) is 5.69 Å². The van der Waals surface area contributed by atoms with Crippen molar-refractivity contribution in [3.05, 3.63) is 47.0 Å². The van der Waals surface area contributed by atoms with Crippen molar-refractivity contribution in [3.63, 3.8) is 0 Å². The van der Waals surface area contributed by atoms with Crippen molar-refractivity contribution in [3.8, 4) is 17.2 Å². The summed E-state index contributed by atoms with van der Waals surface area (Å²) in [7, 11) is 0.630. The summed E-state index contributed by atoms with van der Waals surface area (Å²) in [4.78, 5) is 12.5. The number of rotatable bonds is 6. The number of hydrogen-bond acceptors (Lipinski definition) is 6. The summed E-state index contributed by atoms with van der Waals surface area (Å²) in [5, 5.41) is 3.04. The Morgan fingerprint density at radius 2 is 1.94 bits per heavy atom. The van der Waals surface area contributed by atoms with Crippen molar-refractivity contribution >= 4 is 39.3 Å². The fraction of sp³-hybridized carbons (Fsp3) is 0.286. The number of amides is 1. The third-order valence-corrected chi connectivity index (χ3v) is 6.55. The third-order valence-electron chi connectivity index (χ3n) is 4.46. The molecular weight excluding hydrogens is 444 g/mol. The molecular formula is C21H23ClN2O6S. The number of anilines is 1. The first-order valence-electron chi connectivity index (χ1n) is 9.41. The van der Waals surface area contributed by atoms with Gasteiger partial charge in [0.25, 0.3) is 0 Å². The molecule has 0 radical (unpaired) electrons. The van der Waals surface area contributed by atoms with Crippen LogP contribution >= 0.6 is 11.6 Å². The molecule has 2 aromatic rings. The number of sulfonamides is 1. The lowest BCUT2D eigenvalue weighted by atomic mass is 10.2. The fourth-order valence-corrected chi connectivity index (χ4v) is 4.05. The second kappa shape index (κ2) is 9.59. The quantitative estimate of drug-likeness (QED) is 0.655. The van der Waals surface area contributed by atoms with E-state index in [4.69, 9.17) is 25.8 Å². The first-order valence-corrected chi connectivity index (χ1v) is 11.2. The molecule has 1 amide bonds. The van der Waals surface area contributed by atoms with Crippen LogP contribution in [0.3, 0.4) is 0 Å². The van der Waals surface area contributed by atoms with E-state index >= 15 is 0 Å². The Labute approximate surface area is 186 Å². The number of benzene rings is 2. The summed E-state index contributed by atoms with van der Waals surface area (Å²) in [6.07, 6.45) is 3.63. The van der Waals surface area contributed by atoms with Crippen molar-refractivity contribution in [2.45, 2.75) is 11.3 Å². The van der Waals surface area contributed by atoms with Crippen LogP contribution in [0.1, 0.15) is 12.0 Å². The van der Waals surface area contributed by atoms with Crippen molar-refractivity contribution in [1.29, 1.82) is 0 Å². The Hall–Kier alpha value is -2.75. The van der Waals surface area contributed by atoms with E-state index in [9.17, 15) is 13.2 Å². The van der Waals surface area contributed by atoms with E-state index in [0.29, 0.717) is 41.0 Å². The summed E-state index contributed by atoms with van der Waals surface area (Å²) < 4.78 is 42.3. The second-order valence-corrected chi connectivity index (χ2v) is 9.41. The SMILES string of the molecule is COc1ccc(S(=O)(=O)N(C)C)cc1NC(=O)/C=C\c1cc(Cl)c2c(c1)OCCCO2. The predicted octanol–water partition coefficient (Wildman–Crippen LogP) is 3.41. The molecule has 166 valence electrons. The minimum atomic E-state index is -3.66. The lowest BCUT2D eigenvalue weighted by Crippen LogP contribution is -2.22. The molecule has 0 bridgehead atoms. The lowest BCUT2D eigenvalue weighted by molar-refractivity contribution is -0.111. The van der Waals surface area contributed by atoms with Gasteiger partial charge in [0.2, 0.25) is 15.9 Å². The van der Waals surface area contributed by atoms with Crippen LogP contribution in [0.2, 0.25) is 5.02 Å². The number of carbonyl (C=O) groups excluding carboxylic acids is 1. The monoisotopic (exact) mass is 466 g/mol. The van der Waals surface area contributed by atoms with Crippen LogP contribution in [-0.4, -0.2) is 53.0 Å². The van der Waals surface area contributed by atoms with Crippen LogP contribution < -0.4 is 19.5 Å². The van der Waals surface area contributed by atoms with E-state index < -0.39 is 15.9 Å². The Kier molecular flexibility index (Phi) is 7.09. The van der Waals surface area contributed by atoms with Gasteiger partial charge in [-0.1, -0.05) is 11.6 Å². The standard InChI is InChI=1S/C21H23ClN2O6S/c1-24(2)31(26,27)15-6-7-18(28-3)17(13-15)23-20(25)8-5-14-11-16(22)21-19(12-14)29-9-4-10-30-21/h5-8,11-13H,4,9-10H2,1-3H3,(H,23,25)/b8-5-. The number of methoxy groups -OCH3 is 1. The molecule has 8 nitrogen and oxygen atoms in total. The van der Waals surface area contributed by atoms with Crippen molar-refractivity contribution in [1.82, 2.24) is 4.31 Å². The average molecular weight is 467 g/mol. The number of halogens is 1. The smallest absolute Gasteiger partial charge is 0.248 e. The molecule has 1 N–H and O–H groups in total. The summed E-state index contributed by atoms with van der Waals surface area (Å²) in [5.41, 5.74) is 0.886. The van der Waals surface area contributed by atoms with Crippen LogP contribution in [0.5, 0.6) is 17.2 Å². The zero-order chi connectivity index (χ0) is 22.6. The molecule has 0 aromatic heterocycles. The zero-order valence-electron chi connectivity index (χ0n) is 17.3. The summed E-state index contributed by atoms with van der Waals surface area (Å²) in [6.45, 7) is 1.04. The molecule has 0 saturated carbocycles. The van der Waals surface area contributed by atoms with E-state index in [-0.39, 0.29) is 10.6 Å². The van der Waals surface area contributed by atoms with E-state index in [1.807, 2.05) is 0 Å². The topological polar surface area (TPSA) is 94.2 Å². The molecule has 3 rings (SSSR count). The van der Waals surface area contributed by atoms with Crippen LogP contribution in [0.25, 0.3) is 6.08 Å². The van der Waals surface area contributed by atoms with Gasteiger partial charge in [0.15, 0.2) is 11.5 Å². The van der Waals surface area contributed by atoms with Gasteiger partial charge in [0.1, 0.15) is 5.75 Å². The summed E-state index contributed by atoms with van der Waals surface area (Å²) in [5.74, 6) is 0.872. The molecule has 0 aliphatic carbocycles. The van der Waals surface area contributed by atoms with Gasteiger partial charge in [-0.05, 0) is 42.0 Å². The molecule has 0 atom stereocenters. The molecule has 31 heavy (non-hydrogen) atoms. The predicted molar refractivity (Wildman–Crippen MR) is 119 cm³/mol. The highest BCUT2D eigenvalue weighted by Gasteiger charge is 2.20. The third kappa shape index (κ3) is 5.30. The second-order valence-electron chi connectivity index (χ2n) is 6.85. The van der Waals surface area contributed by atoms with Gasteiger partial charge >= 0.3 is 0 Å². The van der Waals surface area contributed by atoms with Crippen LogP contribution in [-0.2, 0) is 14.8 Å². The van der Waals surface area contributed by atoms with Crippen molar-refractivity contribution in [2.75, 3.05) is 39.7 Å². The zero-order valence-corrected chi connectivity index (χ0v) is 18.9. The maximum Gasteiger partial charge on any atom is 0.248 e. The number of ether oxygens (including phenoxy) is 3. The van der Waals surface area contributed by atoms with E-state index in [2.05, 4.69) is 5.32 Å². The van der Waals surface area contributed by atoms with Crippen LogP contribution in [0.15, 0.2) is 41.3 Å². The summed E-state index contributed by atoms with van der Waals surface area (Å²) in [6, 6.07) is 7.66. The number of fused-ring (bicyclic) bond motifs is 1. The molecule has 1 heterocycles. The molecule has 0 fully saturated rings. The minimum Gasteiger partial charge on any atom is -0.495 e. The molecule has 1 aliphatic rings. The van der Waals surface area contributed by atoms with Crippen molar-refractivity contribution in [2.24, 2.45) is 0 Å². The Balaban J connectivity index is 1.81. The largest absolute Gasteiger partial charge is 0.495 e. The Morgan fingerprint density at radius 1 is 1.19 bits per heavy atom. The van der Waals surface area contributed by atoms with Gasteiger partial charge in [-0.25, -0.2) is 12.7 Å². The first kappa shape index (κ1) is 22.9. The maximum atomic E-state index is 12.5. The Bertz CT molecular complexity index is 1120. The molecule has 1 aliphatic heterocycles. The minimum absolute atomic E-state index is 0.0345. The first-order chi connectivity index (χ1) is 14.7. The van der Waals surface area contributed by atoms with Gasteiger partial charge in [0, 0.05) is 26.6 Å². The number of hydrogen-bond donors (Lipinski definition) is 1. The van der Waals surface area contributed by atoms with E-state index in [1.165, 1.54) is 45.5 Å². The number of nitrogens with zero attached hydrogens (tertiary/aromatic N) is 1. The highest BCUT2D eigenvalue weighted by Crippen LogP contribution is 2.38. The van der Waals surface area contributed by atoms with Crippen molar-refractivity contribution < 1.29 is 27.4 Å². The number of nitrogens with one attached hydrogen (secondary N) is 1. The average Bonchev–Trinajstić information content (AvgIpc) is 2.98. The van der Waals surface area contributed by atoms with Crippen LogP contribution in [0, 0.1) is 0 Å². The lowest BCUT2D eigenvalue weighted by Gasteiger charge is -2.14. The Morgan fingerprint density at radius 3 is 2.65 bits per heavy atom. The van der Waals surface area contributed by atoms with Gasteiger partial charge in [-0.2, -0.15) is 0 Å². The normalized spacial score (nSPS) is 13.8. The highest BCUT2D eigenvalue weighted by molar-refractivity contribution is 7.89. The van der Waals surface area contributed by atoms with E-state index in [1.54, 1.807) is 18.2 Å². The van der Waals surface area contributed by atoms with E-state index in [0.717, 1.165) is 10.7 Å². The van der Waals surface area contributed by atoms with Gasteiger partial charge in [0.05, 0.1) is 35.9 Å². The highest BCUT2D eigenvalue weighted by atomic mass is 35.5. The molecule has 0 saturated heterocycles. The molecule has 0 unspecified atom stereocenters. The van der Waals surface area contributed by atoms with Gasteiger partial charge in [-0.15, -0.1) is 0 Å². The molecule has 0 spiro atoms. The van der Waals surface area contributed by atoms with Gasteiger partial charge in [-0.3, -0.25) is 4.79 Å². The fourth-order valence-electron chi connectivity index (χ4n) is 2.85. The molecule has 2 aromatic carbocycles.